The predicted molar refractivity (Wildman–Crippen MR) is 76.4 cm³/mol. The summed E-state index contributed by atoms with van der Waals surface area (Å²) in [6.45, 7) is 0. The van der Waals surface area contributed by atoms with E-state index in [2.05, 4.69) is 0 Å². The van der Waals surface area contributed by atoms with Gasteiger partial charge in [-0.1, -0.05) is 42.5 Å². The zero-order chi connectivity index (χ0) is 16.7. The van der Waals surface area contributed by atoms with Crippen molar-refractivity contribution in [1.29, 1.82) is 0 Å². The molecule has 0 aliphatic carbocycles. The average molecular weight is 322 g/mol. The number of benzene rings is 2. The molecule has 2 aromatic rings. The number of carbonyl (C=O) groups excluding carboxylic acids is 1. The second-order valence-electron chi connectivity index (χ2n) is 5.16. The van der Waals surface area contributed by atoms with Gasteiger partial charge in [-0.3, -0.25) is 4.79 Å². The molecule has 120 valence electrons. The van der Waals surface area contributed by atoms with E-state index in [-0.39, 0.29) is 16.9 Å². The standard InChI is InChI=1S/C17H13F3O3/c1-22-13-10-6-5-9-12(13)14(21)15-16(23-15,17(18,19)20)11-7-3-2-4-8-11/h2-10,15H,1H3/t15-,16+/m1/s1. The summed E-state index contributed by atoms with van der Waals surface area (Å²) in [7, 11) is 1.36. The molecule has 2 atom stereocenters. The minimum atomic E-state index is -4.70. The Morgan fingerprint density at radius 2 is 1.70 bits per heavy atom. The Morgan fingerprint density at radius 3 is 2.30 bits per heavy atom. The predicted octanol–water partition coefficient (Wildman–Crippen LogP) is 3.73. The fourth-order valence-corrected chi connectivity index (χ4v) is 2.66. The zero-order valence-electron chi connectivity index (χ0n) is 12.1. The van der Waals surface area contributed by atoms with Gasteiger partial charge in [-0.15, -0.1) is 0 Å². The van der Waals surface area contributed by atoms with Gasteiger partial charge in [-0.2, -0.15) is 13.2 Å². The minimum absolute atomic E-state index is 0.0713. The van der Waals surface area contributed by atoms with Crippen LogP contribution in [0.15, 0.2) is 54.6 Å². The number of carbonyl (C=O) groups is 1. The Hall–Kier alpha value is -2.34. The van der Waals surface area contributed by atoms with E-state index in [9.17, 15) is 18.0 Å². The molecule has 1 saturated heterocycles. The number of para-hydroxylation sites is 1. The molecule has 0 spiro atoms. The van der Waals surface area contributed by atoms with Gasteiger partial charge in [-0.25, -0.2) is 0 Å². The molecule has 0 bridgehead atoms. The number of hydrogen-bond donors (Lipinski definition) is 0. The highest BCUT2D eigenvalue weighted by Gasteiger charge is 2.76. The summed E-state index contributed by atoms with van der Waals surface area (Å²) in [6, 6.07) is 13.3. The molecule has 3 nitrogen and oxygen atoms in total. The monoisotopic (exact) mass is 322 g/mol. The van der Waals surface area contributed by atoms with Crippen LogP contribution in [-0.2, 0) is 10.3 Å². The van der Waals surface area contributed by atoms with Crippen LogP contribution in [0.2, 0.25) is 0 Å². The number of Topliss-reactive ketones (excluding diaryl/α,β-unsaturated/α-hetero) is 1. The highest BCUT2D eigenvalue weighted by atomic mass is 19.4. The van der Waals surface area contributed by atoms with Gasteiger partial charge in [0.05, 0.1) is 12.7 Å². The highest BCUT2D eigenvalue weighted by Crippen LogP contribution is 2.58. The summed E-state index contributed by atoms with van der Waals surface area (Å²) in [5, 5.41) is 0. The Balaban J connectivity index is 2.00. The third-order valence-corrected chi connectivity index (χ3v) is 3.85. The highest BCUT2D eigenvalue weighted by molar-refractivity contribution is 6.04. The Morgan fingerprint density at radius 1 is 1.09 bits per heavy atom. The van der Waals surface area contributed by atoms with E-state index in [1.807, 2.05) is 0 Å². The van der Waals surface area contributed by atoms with Gasteiger partial charge in [0.15, 0.2) is 11.9 Å². The second kappa shape index (κ2) is 5.38. The molecule has 0 saturated carbocycles. The van der Waals surface area contributed by atoms with Crippen molar-refractivity contribution in [1.82, 2.24) is 0 Å². The smallest absolute Gasteiger partial charge is 0.424 e. The molecule has 2 aromatic carbocycles. The van der Waals surface area contributed by atoms with E-state index >= 15 is 0 Å². The number of epoxide rings is 1. The zero-order valence-corrected chi connectivity index (χ0v) is 12.1. The molecule has 1 fully saturated rings. The van der Waals surface area contributed by atoms with Crippen LogP contribution in [0.3, 0.4) is 0 Å². The molecule has 3 rings (SSSR count). The molecule has 6 heteroatoms. The first-order chi connectivity index (χ1) is 10.9. The summed E-state index contributed by atoms with van der Waals surface area (Å²) < 4.78 is 50.7. The van der Waals surface area contributed by atoms with E-state index in [1.54, 1.807) is 18.2 Å². The van der Waals surface area contributed by atoms with Crippen molar-refractivity contribution in [3.8, 4) is 5.75 Å². The summed E-state index contributed by atoms with van der Waals surface area (Å²) in [4.78, 5) is 12.5. The fraction of sp³-hybridized carbons (Fsp3) is 0.235. The van der Waals surface area contributed by atoms with Crippen molar-refractivity contribution in [3.63, 3.8) is 0 Å². The lowest BCUT2D eigenvalue weighted by molar-refractivity contribution is -0.187. The largest absolute Gasteiger partial charge is 0.496 e. The lowest BCUT2D eigenvalue weighted by Crippen LogP contribution is -2.35. The lowest BCUT2D eigenvalue weighted by Gasteiger charge is -2.17. The van der Waals surface area contributed by atoms with E-state index in [1.165, 1.54) is 43.5 Å². The number of hydrogen-bond acceptors (Lipinski definition) is 3. The maximum atomic E-state index is 13.6. The molecule has 1 heterocycles. The first-order valence-corrected chi connectivity index (χ1v) is 6.89. The quantitative estimate of drug-likeness (QED) is 0.636. The van der Waals surface area contributed by atoms with Crippen molar-refractivity contribution in [2.24, 2.45) is 0 Å². The Kier molecular flexibility index (Phi) is 3.64. The van der Waals surface area contributed by atoms with Crippen LogP contribution >= 0.6 is 0 Å². The first-order valence-electron chi connectivity index (χ1n) is 6.89. The van der Waals surface area contributed by atoms with Crippen LogP contribution in [0.25, 0.3) is 0 Å². The molecule has 0 radical (unpaired) electrons. The molecular weight excluding hydrogens is 309 g/mol. The molecular formula is C17H13F3O3. The molecule has 0 N–H and O–H groups in total. The number of rotatable bonds is 4. The van der Waals surface area contributed by atoms with Crippen LogP contribution in [0, 0.1) is 0 Å². The number of alkyl halides is 3. The molecule has 23 heavy (non-hydrogen) atoms. The van der Waals surface area contributed by atoms with Crippen LogP contribution < -0.4 is 4.74 Å². The van der Waals surface area contributed by atoms with Crippen molar-refractivity contribution in [3.05, 3.63) is 65.7 Å². The van der Waals surface area contributed by atoms with Crippen LogP contribution in [0.1, 0.15) is 15.9 Å². The van der Waals surface area contributed by atoms with E-state index in [0.29, 0.717) is 0 Å². The first kappa shape index (κ1) is 15.6. The normalized spacial score (nSPS) is 23.4. The van der Waals surface area contributed by atoms with Crippen molar-refractivity contribution in [2.75, 3.05) is 7.11 Å². The Labute approximate surface area is 130 Å². The van der Waals surface area contributed by atoms with E-state index in [0.717, 1.165) is 0 Å². The number of ether oxygens (including phenoxy) is 2. The number of halogens is 3. The van der Waals surface area contributed by atoms with Gasteiger partial charge in [0, 0.05) is 0 Å². The molecule has 0 aromatic heterocycles. The number of ketones is 1. The summed E-state index contributed by atoms with van der Waals surface area (Å²) in [5.41, 5.74) is -2.60. The van der Waals surface area contributed by atoms with Gasteiger partial charge < -0.3 is 9.47 Å². The average Bonchev–Trinajstić information content (AvgIpc) is 3.32. The third kappa shape index (κ3) is 2.39. The third-order valence-electron chi connectivity index (χ3n) is 3.85. The SMILES string of the molecule is COc1ccccc1C(=O)[C@H]1O[C@]1(c1ccccc1)C(F)(F)F. The van der Waals surface area contributed by atoms with E-state index < -0.39 is 23.7 Å². The molecule has 1 aliphatic rings. The van der Waals surface area contributed by atoms with E-state index in [4.69, 9.17) is 9.47 Å². The maximum Gasteiger partial charge on any atom is 0.424 e. The van der Waals surface area contributed by atoms with Crippen LogP contribution in [0.4, 0.5) is 13.2 Å². The second-order valence-corrected chi connectivity index (χ2v) is 5.16. The van der Waals surface area contributed by atoms with Gasteiger partial charge in [-0.05, 0) is 17.7 Å². The lowest BCUT2D eigenvalue weighted by atomic mass is 9.90. The van der Waals surface area contributed by atoms with Gasteiger partial charge in [0.1, 0.15) is 5.75 Å². The minimum Gasteiger partial charge on any atom is -0.496 e. The molecule has 1 aliphatic heterocycles. The van der Waals surface area contributed by atoms with Gasteiger partial charge >= 0.3 is 6.18 Å². The number of methoxy groups -OCH3 is 1. The molecule has 0 unspecified atom stereocenters. The summed E-state index contributed by atoms with van der Waals surface area (Å²) >= 11 is 0. The van der Waals surface area contributed by atoms with Crippen LogP contribution in [-0.4, -0.2) is 25.2 Å². The van der Waals surface area contributed by atoms with Gasteiger partial charge in [0.2, 0.25) is 5.60 Å². The van der Waals surface area contributed by atoms with Gasteiger partial charge in [0.25, 0.3) is 0 Å². The topological polar surface area (TPSA) is 38.8 Å². The van der Waals surface area contributed by atoms with Crippen molar-refractivity contribution < 1.29 is 27.4 Å². The van der Waals surface area contributed by atoms with Crippen molar-refractivity contribution >= 4 is 5.78 Å². The molecule has 0 amide bonds. The summed E-state index contributed by atoms with van der Waals surface area (Å²) in [5.74, 6) is -0.527. The maximum absolute atomic E-state index is 13.6. The fourth-order valence-electron chi connectivity index (χ4n) is 2.66. The van der Waals surface area contributed by atoms with Crippen molar-refractivity contribution in [2.45, 2.75) is 17.9 Å². The Bertz CT molecular complexity index is 727. The van der Waals surface area contributed by atoms with Crippen LogP contribution in [0.5, 0.6) is 5.75 Å². The summed E-state index contributed by atoms with van der Waals surface area (Å²) in [6.07, 6.45) is -6.31.